The number of benzene rings is 1. The molecule has 5 heteroatoms. The van der Waals surface area contributed by atoms with Gasteiger partial charge >= 0.3 is 5.97 Å². The monoisotopic (exact) mass is 369 g/mol. The van der Waals surface area contributed by atoms with E-state index in [-0.39, 0.29) is 17.7 Å². The van der Waals surface area contributed by atoms with Crippen molar-refractivity contribution >= 4 is 11.9 Å². The average molecular weight is 369 g/mol. The highest BCUT2D eigenvalue weighted by Gasteiger charge is 2.37. The van der Waals surface area contributed by atoms with E-state index in [4.69, 9.17) is 9.15 Å². The van der Waals surface area contributed by atoms with Crippen molar-refractivity contribution in [2.24, 2.45) is 5.92 Å². The topological polar surface area (TPSA) is 68.5 Å². The Hall–Kier alpha value is -2.56. The number of nitrogens with one attached hydrogen (secondary N) is 1. The molecule has 0 bridgehead atoms. The second-order valence-corrected chi connectivity index (χ2v) is 7.43. The Kier molecular flexibility index (Phi) is 5.99. The van der Waals surface area contributed by atoms with Crippen molar-refractivity contribution in [3.8, 4) is 0 Å². The maximum Gasteiger partial charge on any atom is 0.318 e. The highest BCUT2D eigenvalue weighted by molar-refractivity contribution is 5.98. The predicted molar refractivity (Wildman–Crippen MR) is 102 cm³/mol. The lowest BCUT2D eigenvalue weighted by atomic mass is 9.78. The molecule has 27 heavy (non-hydrogen) atoms. The molecule has 1 amide bonds. The molecule has 5 nitrogen and oxygen atoms in total. The van der Waals surface area contributed by atoms with E-state index in [1.807, 2.05) is 0 Å². The summed E-state index contributed by atoms with van der Waals surface area (Å²) in [4.78, 5) is 25.0. The van der Waals surface area contributed by atoms with Gasteiger partial charge in [0.25, 0.3) is 0 Å². The van der Waals surface area contributed by atoms with Crippen LogP contribution in [-0.2, 0) is 26.2 Å². The summed E-state index contributed by atoms with van der Waals surface area (Å²) in [6.45, 7) is 2.61. The molecule has 2 aromatic rings. The lowest BCUT2D eigenvalue weighted by Gasteiger charge is -2.31. The molecule has 1 aromatic heterocycles. The first-order valence-electron chi connectivity index (χ1n) is 9.49. The van der Waals surface area contributed by atoms with Gasteiger partial charge in [-0.3, -0.25) is 9.59 Å². The number of hydrogen-bond donors (Lipinski definition) is 1. The second kappa shape index (κ2) is 8.42. The van der Waals surface area contributed by atoms with Crippen LogP contribution in [0.2, 0.25) is 0 Å². The third-order valence-electron chi connectivity index (χ3n) is 5.58. The molecule has 0 spiro atoms. The Morgan fingerprint density at radius 2 is 2.00 bits per heavy atom. The maximum atomic E-state index is 12.8. The lowest BCUT2D eigenvalue weighted by Crippen LogP contribution is -2.44. The van der Waals surface area contributed by atoms with Crippen LogP contribution in [0, 0.1) is 12.8 Å². The van der Waals surface area contributed by atoms with E-state index in [1.54, 1.807) is 12.1 Å². The number of methoxy groups -OCH3 is 1. The number of carbonyl (C=O) groups excluding carboxylic acids is 2. The van der Waals surface area contributed by atoms with Crippen LogP contribution < -0.4 is 5.32 Å². The van der Waals surface area contributed by atoms with Gasteiger partial charge < -0.3 is 14.5 Å². The van der Waals surface area contributed by atoms with E-state index in [1.165, 1.54) is 24.5 Å². The van der Waals surface area contributed by atoms with E-state index in [9.17, 15) is 9.59 Å². The van der Waals surface area contributed by atoms with E-state index in [0.29, 0.717) is 12.3 Å². The highest BCUT2D eigenvalue weighted by Crippen LogP contribution is 2.40. The molecule has 1 saturated carbocycles. The standard InChI is InChI=1S/C22H27NO4/c1-16-7-5-8-17(13-16)22(10-3-4-11-22)15-23-20(24)19(21(25)26-2)14-18-9-6-12-27-18/h5-9,12-13,19H,3-4,10-11,14-15H2,1-2H3,(H,23,24)/t19-/m1/s1. The summed E-state index contributed by atoms with van der Waals surface area (Å²) in [7, 11) is 1.30. The van der Waals surface area contributed by atoms with Gasteiger partial charge in [0.2, 0.25) is 5.91 Å². The van der Waals surface area contributed by atoms with Crippen molar-refractivity contribution in [3.63, 3.8) is 0 Å². The predicted octanol–water partition coefficient (Wildman–Crippen LogP) is 3.55. The molecule has 0 radical (unpaired) electrons. The van der Waals surface area contributed by atoms with Gasteiger partial charge in [0.15, 0.2) is 0 Å². The number of esters is 1. The first-order chi connectivity index (χ1) is 13.0. The summed E-state index contributed by atoms with van der Waals surface area (Å²) in [5, 5.41) is 3.03. The Bertz CT molecular complexity index is 775. The fraction of sp³-hybridized carbons (Fsp3) is 0.455. The van der Waals surface area contributed by atoms with E-state index >= 15 is 0 Å². The third-order valence-corrected chi connectivity index (χ3v) is 5.58. The Morgan fingerprint density at radius 3 is 2.63 bits per heavy atom. The summed E-state index contributed by atoms with van der Waals surface area (Å²) >= 11 is 0. The van der Waals surface area contributed by atoms with Gasteiger partial charge in [-0.25, -0.2) is 0 Å². The Balaban J connectivity index is 1.73. The number of rotatable bonds is 7. The SMILES string of the molecule is COC(=O)[C@H](Cc1ccco1)C(=O)NCC1(c2cccc(C)c2)CCCC1. The maximum absolute atomic E-state index is 12.8. The largest absolute Gasteiger partial charge is 0.469 e. The molecular weight excluding hydrogens is 342 g/mol. The van der Waals surface area contributed by atoms with Crippen LogP contribution in [-0.4, -0.2) is 25.5 Å². The molecule has 3 rings (SSSR count). The van der Waals surface area contributed by atoms with Crippen molar-refractivity contribution in [2.45, 2.75) is 44.4 Å². The second-order valence-electron chi connectivity index (χ2n) is 7.43. The normalized spacial score (nSPS) is 16.7. The van der Waals surface area contributed by atoms with Crippen molar-refractivity contribution in [1.82, 2.24) is 5.32 Å². The molecule has 1 aliphatic rings. The van der Waals surface area contributed by atoms with Crippen LogP contribution >= 0.6 is 0 Å². The highest BCUT2D eigenvalue weighted by atomic mass is 16.5. The molecule has 0 aliphatic heterocycles. The Morgan fingerprint density at radius 1 is 1.22 bits per heavy atom. The molecule has 1 heterocycles. The fourth-order valence-electron chi connectivity index (χ4n) is 4.03. The number of aryl methyl sites for hydroxylation is 1. The van der Waals surface area contributed by atoms with Crippen LogP contribution in [0.1, 0.15) is 42.6 Å². The summed E-state index contributed by atoms with van der Waals surface area (Å²) in [5.74, 6) is -1.16. The fourth-order valence-corrected chi connectivity index (χ4v) is 4.03. The third kappa shape index (κ3) is 4.41. The van der Waals surface area contributed by atoms with Gasteiger partial charge in [0.05, 0.1) is 13.4 Å². The molecule has 1 aromatic carbocycles. The van der Waals surface area contributed by atoms with E-state index in [2.05, 4.69) is 36.5 Å². The van der Waals surface area contributed by atoms with E-state index < -0.39 is 11.9 Å². The van der Waals surface area contributed by atoms with Crippen LogP contribution in [0.3, 0.4) is 0 Å². The van der Waals surface area contributed by atoms with Gasteiger partial charge in [0.1, 0.15) is 11.7 Å². The minimum Gasteiger partial charge on any atom is -0.469 e. The van der Waals surface area contributed by atoms with Crippen LogP contribution in [0.25, 0.3) is 0 Å². The molecule has 144 valence electrons. The Labute approximate surface area is 160 Å². The minimum atomic E-state index is -0.905. The number of carbonyl (C=O) groups is 2. The molecule has 1 fully saturated rings. The molecule has 1 atom stereocenters. The van der Waals surface area contributed by atoms with Crippen molar-refractivity contribution in [3.05, 3.63) is 59.5 Å². The molecule has 1 N–H and O–H groups in total. The quantitative estimate of drug-likeness (QED) is 0.599. The summed E-state index contributed by atoms with van der Waals surface area (Å²) in [5.41, 5.74) is 2.42. The van der Waals surface area contributed by atoms with Gasteiger partial charge in [-0.1, -0.05) is 42.7 Å². The molecule has 0 saturated heterocycles. The smallest absolute Gasteiger partial charge is 0.318 e. The van der Waals surface area contributed by atoms with Crippen LogP contribution in [0.5, 0.6) is 0 Å². The molecule has 0 unspecified atom stereocenters. The first-order valence-corrected chi connectivity index (χ1v) is 9.49. The summed E-state index contributed by atoms with van der Waals surface area (Å²) < 4.78 is 10.1. The number of furan rings is 1. The average Bonchev–Trinajstić information content (AvgIpc) is 3.36. The zero-order valence-corrected chi connectivity index (χ0v) is 16.0. The van der Waals surface area contributed by atoms with E-state index in [0.717, 1.165) is 25.7 Å². The van der Waals surface area contributed by atoms with Crippen molar-refractivity contribution < 1.29 is 18.7 Å². The number of ether oxygens (including phenoxy) is 1. The molecular formula is C22H27NO4. The molecule has 1 aliphatic carbocycles. The summed E-state index contributed by atoms with van der Waals surface area (Å²) in [6.07, 6.45) is 6.11. The van der Waals surface area contributed by atoms with Crippen molar-refractivity contribution in [2.75, 3.05) is 13.7 Å². The van der Waals surface area contributed by atoms with Gasteiger partial charge in [-0.2, -0.15) is 0 Å². The zero-order chi connectivity index (χ0) is 19.3. The number of hydrogen-bond acceptors (Lipinski definition) is 4. The van der Waals surface area contributed by atoms with Crippen LogP contribution in [0.15, 0.2) is 47.1 Å². The number of amides is 1. The lowest BCUT2D eigenvalue weighted by molar-refractivity contribution is -0.150. The van der Waals surface area contributed by atoms with Crippen LogP contribution in [0.4, 0.5) is 0 Å². The zero-order valence-electron chi connectivity index (χ0n) is 16.0. The first kappa shape index (κ1) is 19.2. The minimum absolute atomic E-state index is 0.0625. The van der Waals surface area contributed by atoms with Crippen molar-refractivity contribution in [1.29, 1.82) is 0 Å². The van der Waals surface area contributed by atoms with Gasteiger partial charge in [0, 0.05) is 18.4 Å². The summed E-state index contributed by atoms with van der Waals surface area (Å²) in [6, 6.07) is 12.0. The van der Waals surface area contributed by atoms with Gasteiger partial charge in [-0.15, -0.1) is 0 Å². The van der Waals surface area contributed by atoms with Gasteiger partial charge in [-0.05, 0) is 37.5 Å².